The minimum Gasteiger partial charge on any atom is -0.488 e. The summed E-state index contributed by atoms with van der Waals surface area (Å²) in [6.45, 7) is 2.24. The van der Waals surface area contributed by atoms with Crippen LogP contribution in [-0.4, -0.2) is 6.10 Å². The van der Waals surface area contributed by atoms with Gasteiger partial charge in [0.05, 0.1) is 11.8 Å². The zero-order valence-electron chi connectivity index (χ0n) is 10.5. The van der Waals surface area contributed by atoms with Crippen LogP contribution in [0.5, 0.6) is 5.75 Å². The number of halogens is 2. The normalized spacial score (nSPS) is 24.2. The predicted octanol–water partition coefficient (Wildman–Crippen LogP) is 4.16. The van der Waals surface area contributed by atoms with E-state index in [0.717, 1.165) is 31.6 Å². The van der Waals surface area contributed by atoms with Gasteiger partial charge in [-0.25, -0.2) is 8.78 Å². The van der Waals surface area contributed by atoms with E-state index < -0.39 is 6.43 Å². The summed E-state index contributed by atoms with van der Waals surface area (Å²) >= 11 is 0. The number of hydrogen-bond donors (Lipinski definition) is 1. The van der Waals surface area contributed by atoms with Gasteiger partial charge in [0.1, 0.15) is 5.75 Å². The summed E-state index contributed by atoms with van der Waals surface area (Å²) in [5, 5.41) is 0. The molecule has 18 heavy (non-hydrogen) atoms. The molecule has 0 unspecified atom stereocenters. The zero-order chi connectivity index (χ0) is 13.1. The minimum absolute atomic E-state index is 0.0582. The lowest BCUT2D eigenvalue weighted by Crippen LogP contribution is -2.23. The molecule has 2 N–H and O–H groups in total. The Bertz CT molecular complexity index is 401. The number of hydrogen-bond acceptors (Lipinski definition) is 2. The van der Waals surface area contributed by atoms with E-state index in [2.05, 4.69) is 6.92 Å². The van der Waals surface area contributed by atoms with Crippen molar-refractivity contribution in [3.8, 4) is 5.75 Å². The average Bonchev–Trinajstić information content (AvgIpc) is 2.34. The highest BCUT2D eigenvalue weighted by molar-refractivity contribution is 5.54. The molecule has 100 valence electrons. The van der Waals surface area contributed by atoms with Gasteiger partial charge in [0, 0.05) is 5.56 Å². The van der Waals surface area contributed by atoms with Crippen molar-refractivity contribution >= 4 is 5.69 Å². The molecule has 0 amide bonds. The number of anilines is 1. The highest BCUT2D eigenvalue weighted by Crippen LogP contribution is 2.32. The maximum Gasteiger partial charge on any atom is 0.263 e. The van der Waals surface area contributed by atoms with Crippen LogP contribution in [-0.2, 0) is 0 Å². The first kappa shape index (κ1) is 13.1. The van der Waals surface area contributed by atoms with Crippen LogP contribution in [0.1, 0.15) is 44.6 Å². The number of rotatable bonds is 3. The van der Waals surface area contributed by atoms with Crippen LogP contribution in [0, 0.1) is 5.92 Å². The first-order valence-corrected chi connectivity index (χ1v) is 6.40. The molecule has 0 atom stereocenters. The van der Waals surface area contributed by atoms with Crippen LogP contribution in [0.4, 0.5) is 14.5 Å². The van der Waals surface area contributed by atoms with Crippen LogP contribution in [0.2, 0.25) is 0 Å². The van der Waals surface area contributed by atoms with E-state index >= 15 is 0 Å². The van der Waals surface area contributed by atoms with Crippen molar-refractivity contribution in [3.63, 3.8) is 0 Å². The lowest BCUT2D eigenvalue weighted by atomic mass is 9.89. The van der Waals surface area contributed by atoms with Gasteiger partial charge in [-0.1, -0.05) is 6.92 Å². The Hall–Kier alpha value is -1.32. The van der Waals surface area contributed by atoms with E-state index in [9.17, 15) is 8.78 Å². The molecule has 4 heteroatoms. The second kappa shape index (κ2) is 5.55. The van der Waals surface area contributed by atoms with Crippen molar-refractivity contribution in [2.45, 2.75) is 45.1 Å². The first-order valence-electron chi connectivity index (χ1n) is 6.40. The number of alkyl halides is 2. The third-order valence-electron chi connectivity index (χ3n) is 3.54. The molecular formula is C14H19F2NO. The molecule has 0 spiro atoms. The summed E-state index contributed by atoms with van der Waals surface area (Å²) in [5.41, 5.74) is 5.98. The second-order valence-corrected chi connectivity index (χ2v) is 5.10. The molecule has 0 aromatic heterocycles. The maximum atomic E-state index is 12.5. The number of nitrogens with two attached hydrogens (primary N) is 1. The molecule has 1 aliphatic rings. The van der Waals surface area contributed by atoms with E-state index in [4.69, 9.17) is 10.5 Å². The van der Waals surface area contributed by atoms with Gasteiger partial charge < -0.3 is 10.5 Å². The summed E-state index contributed by atoms with van der Waals surface area (Å²) in [7, 11) is 0. The maximum absolute atomic E-state index is 12.5. The summed E-state index contributed by atoms with van der Waals surface area (Å²) in [6, 6.07) is 4.22. The SMILES string of the molecule is CC1CCC(Oc2ccc(C(F)F)cc2N)CC1. The lowest BCUT2D eigenvalue weighted by molar-refractivity contribution is 0.135. The van der Waals surface area contributed by atoms with E-state index in [1.54, 1.807) is 6.07 Å². The predicted molar refractivity (Wildman–Crippen MR) is 67.9 cm³/mol. The molecule has 0 bridgehead atoms. The van der Waals surface area contributed by atoms with Gasteiger partial charge in [-0.2, -0.15) is 0 Å². The fraction of sp³-hybridized carbons (Fsp3) is 0.571. The smallest absolute Gasteiger partial charge is 0.263 e. The van der Waals surface area contributed by atoms with E-state index in [0.29, 0.717) is 11.4 Å². The molecule has 0 heterocycles. The minimum atomic E-state index is -2.49. The van der Waals surface area contributed by atoms with Crippen molar-refractivity contribution in [2.75, 3.05) is 5.73 Å². The Labute approximate surface area is 106 Å². The average molecular weight is 255 g/mol. The molecule has 2 nitrogen and oxygen atoms in total. The highest BCUT2D eigenvalue weighted by atomic mass is 19.3. The van der Waals surface area contributed by atoms with Crippen LogP contribution in [0.3, 0.4) is 0 Å². The first-order chi connectivity index (χ1) is 8.56. The summed E-state index contributed by atoms with van der Waals surface area (Å²) < 4.78 is 30.8. The molecule has 0 aliphatic heterocycles. The van der Waals surface area contributed by atoms with Crippen LogP contribution in [0.25, 0.3) is 0 Å². The lowest BCUT2D eigenvalue weighted by Gasteiger charge is -2.27. The molecule has 1 aliphatic carbocycles. The second-order valence-electron chi connectivity index (χ2n) is 5.10. The van der Waals surface area contributed by atoms with E-state index in [1.165, 1.54) is 12.1 Å². The van der Waals surface area contributed by atoms with Crippen molar-refractivity contribution < 1.29 is 13.5 Å². The third kappa shape index (κ3) is 3.12. The van der Waals surface area contributed by atoms with Gasteiger partial charge in [-0.3, -0.25) is 0 Å². The number of ether oxygens (including phenoxy) is 1. The monoisotopic (exact) mass is 255 g/mol. The number of nitrogen functional groups attached to an aromatic ring is 1. The highest BCUT2D eigenvalue weighted by Gasteiger charge is 2.20. The molecule has 0 saturated heterocycles. The Morgan fingerprint density at radius 3 is 2.44 bits per heavy atom. The van der Waals surface area contributed by atoms with Crippen molar-refractivity contribution in [2.24, 2.45) is 5.92 Å². The fourth-order valence-electron chi connectivity index (χ4n) is 2.34. The number of benzene rings is 1. The molecule has 1 aromatic rings. The largest absolute Gasteiger partial charge is 0.488 e. The summed E-state index contributed by atoms with van der Waals surface area (Å²) in [6.07, 6.45) is 2.01. The van der Waals surface area contributed by atoms with Gasteiger partial charge in [-0.15, -0.1) is 0 Å². The van der Waals surface area contributed by atoms with Crippen LogP contribution >= 0.6 is 0 Å². The zero-order valence-corrected chi connectivity index (χ0v) is 10.5. The Morgan fingerprint density at radius 1 is 1.22 bits per heavy atom. The van der Waals surface area contributed by atoms with Gasteiger partial charge in [-0.05, 0) is 49.8 Å². The van der Waals surface area contributed by atoms with Crippen molar-refractivity contribution in [1.29, 1.82) is 0 Å². The fourth-order valence-corrected chi connectivity index (χ4v) is 2.34. The van der Waals surface area contributed by atoms with Crippen LogP contribution < -0.4 is 10.5 Å². The molecule has 2 rings (SSSR count). The van der Waals surface area contributed by atoms with Crippen molar-refractivity contribution in [3.05, 3.63) is 23.8 Å². The molecular weight excluding hydrogens is 236 g/mol. The molecule has 1 saturated carbocycles. The molecule has 1 fully saturated rings. The van der Waals surface area contributed by atoms with Gasteiger partial charge in [0.15, 0.2) is 0 Å². The Balaban J connectivity index is 2.01. The van der Waals surface area contributed by atoms with Gasteiger partial charge >= 0.3 is 0 Å². The summed E-state index contributed by atoms with van der Waals surface area (Å²) in [4.78, 5) is 0. The topological polar surface area (TPSA) is 35.2 Å². The quantitative estimate of drug-likeness (QED) is 0.823. The van der Waals surface area contributed by atoms with E-state index in [-0.39, 0.29) is 11.7 Å². The van der Waals surface area contributed by atoms with Gasteiger partial charge in [0.25, 0.3) is 6.43 Å². The molecule has 0 radical (unpaired) electrons. The standard InChI is InChI=1S/C14H19F2NO/c1-9-2-5-11(6-3-9)18-13-7-4-10(14(15)16)8-12(13)17/h4,7-9,11,14H,2-3,5-6,17H2,1H3. The Kier molecular flexibility index (Phi) is 4.04. The van der Waals surface area contributed by atoms with Gasteiger partial charge in [0.2, 0.25) is 0 Å². The van der Waals surface area contributed by atoms with Crippen LogP contribution in [0.15, 0.2) is 18.2 Å². The van der Waals surface area contributed by atoms with E-state index in [1.807, 2.05) is 0 Å². The summed E-state index contributed by atoms with van der Waals surface area (Å²) in [5.74, 6) is 1.28. The molecule has 1 aromatic carbocycles. The third-order valence-corrected chi connectivity index (χ3v) is 3.54. The Morgan fingerprint density at radius 2 is 1.89 bits per heavy atom. The van der Waals surface area contributed by atoms with Crippen molar-refractivity contribution in [1.82, 2.24) is 0 Å².